The molecule has 1 N–H and O–H groups in total. The third kappa shape index (κ3) is 1.90. The summed E-state index contributed by atoms with van der Waals surface area (Å²) in [4.78, 5) is 12.6. The number of fused-ring (bicyclic) bond motifs is 2. The van der Waals surface area contributed by atoms with Crippen LogP contribution in [0.4, 0.5) is 0 Å². The summed E-state index contributed by atoms with van der Waals surface area (Å²) in [6.07, 6.45) is 1.94. The van der Waals surface area contributed by atoms with Crippen LogP contribution in [0.15, 0.2) is 65.4 Å². The molecule has 0 saturated heterocycles. The molecule has 5 rings (SSSR count). The summed E-state index contributed by atoms with van der Waals surface area (Å²) in [5, 5.41) is 8.74. The van der Waals surface area contributed by atoms with Crippen molar-refractivity contribution in [1.82, 2.24) is 25.3 Å². The minimum atomic E-state index is 0.398. The van der Waals surface area contributed by atoms with Gasteiger partial charge in [0, 0.05) is 28.2 Å². The Morgan fingerprint density at radius 2 is 1.46 bits per heavy atom. The monoisotopic (exact) mass is 313 g/mol. The van der Waals surface area contributed by atoms with E-state index in [1.165, 1.54) is 0 Å². The van der Waals surface area contributed by atoms with Crippen LogP contribution in [0.2, 0.25) is 0 Å². The molecule has 0 aliphatic rings. The van der Waals surface area contributed by atoms with Crippen molar-refractivity contribution in [1.29, 1.82) is 0 Å². The molecule has 0 bridgehead atoms. The van der Waals surface area contributed by atoms with Gasteiger partial charge < -0.3 is 4.98 Å². The van der Waals surface area contributed by atoms with Crippen molar-refractivity contribution in [2.24, 2.45) is 0 Å². The molecule has 0 aliphatic carbocycles. The zero-order chi connectivity index (χ0) is 15.9. The maximum Gasteiger partial charge on any atom is 0.243 e. The molecule has 2 aromatic carbocycles. The second-order valence-corrected chi connectivity index (χ2v) is 5.45. The Morgan fingerprint density at radius 3 is 2.29 bits per heavy atom. The first-order valence-electron chi connectivity index (χ1n) is 7.52. The van der Waals surface area contributed by atoms with Crippen LogP contribution in [-0.4, -0.2) is 25.3 Å². The smallest absolute Gasteiger partial charge is 0.243 e. The summed E-state index contributed by atoms with van der Waals surface area (Å²) in [5.41, 5.74) is 5.29. The van der Waals surface area contributed by atoms with Gasteiger partial charge in [-0.1, -0.05) is 48.5 Å². The average molecular weight is 313 g/mol. The fourth-order valence-electron chi connectivity index (χ4n) is 2.89. The van der Waals surface area contributed by atoms with E-state index in [9.17, 15) is 0 Å². The topological polar surface area (TPSA) is 80.5 Å². The average Bonchev–Trinajstić information content (AvgIpc) is 3.27. The number of nitrogens with zero attached hydrogens (tertiary/aromatic N) is 4. The van der Waals surface area contributed by atoms with Crippen LogP contribution < -0.4 is 0 Å². The molecular weight excluding hydrogens is 302 g/mol. The van der Waals surface area contributed by atoms with Gasteiger partial charge in [0.2, 0.25) is 11.3 Å². The van der Waals surface area contributed by atoms with Crippen LogP contribution in [0, 0.1) is 0 Å². The number of hydrogen-bond acceptors (Lipinski definition) is 5. The lowest BCUT2D eigenvalue weighted by Gasteiger charge is -2.07. The van der Waals surface area contributed by atoms with Gasteiger partial charge in [0.05, 0.1) is 5.69 Å². The lowest BCUT2D eigenvalue weighted by atomic mass is 10.0. The minimum absolute atomic E-state index is 0.398. The van der Waals surface area contributed by atoms with Gasteiger partial charge >= 0.3 is 0 Å². The van der Waals surface area contributed by atoms with Crippen LogP contribution >= 0.6 is 0 Å². The summed E-state index contributed by atoms with van der Waals surface area (Å²) in [6, 6.07) is 18.0. The number of hydrogen-bond donors (Lipinski definition) is 1. The highest BCUT2D eigenvalue weighted by Crippen LogP contribution is 2.34. The molecule has 0 fully saturated rings. The first kappa shape index (κ1) is 13.0. The zero-order valence-corrected chi connectivity index (χ0v) is 12.5. The predicted molar refractivity (Wildman–Crippen MR) is 90.1 cm³/mol. The van der Waals surface area contributed by atoms with Crippen molar-refractivity contribution in [3.05, 3.63) is 60.8 Å². The molecule has 5 aromatic rings. The molecule has 3 aromatic heterocycles. The molecule has 0 amide bonds. The number of rotatable bonds is 2. The van der Waals surface area contributed by atoms with E-state index in [2.05, 4.69) is 31.3 Å². The summed E-state index contributed by atoms with van der Waals surface area (Å²) in [7, 11) is 0. The number of benzene rings is 2. The highest BCUT2D eigenvalue weighted by atomic mass is 16.6. The highest BCUT2D eigenvalue weighted by molar-refractivity contribution is 5.98. The van der Waals surface area contributed by atoms with Crippen LogP contribution in [0.3, 0.4) is 0 Å². The predicted octanol–water partition coefficient (Wildman–Crippen LogP) is 3.83. The Hall–Kier alpha value is -3.54. The van der Waals surface area contributed by atoms with Gasteiger partial charge in [-0.15, -0.1) is 0 Å². The Kier molecular flexibility index (Phi) is 2.69. The minimum Gasteiger partial charge on any atom is -0.360 e. The Bertz CT molecular complexity index is 1160. The van der Waals surface area contributed by atoms with Crippen LogP contribution in [-0.2, 0) is 0 Å². The van der Waals surface area contributed by atoms with Crippen molar-refractivity contribution in [3.8, 4) is 22.5 Å². The van der Waals surface area contributed by atoms with E-state index in [4.69, 9.17) is 4.63 Å². The van der Waals surface area contributed by atoms with Crippen molar-refractivity contribution >= 4 is 22.2 Å². The molecule has 0 unspecified atom stereocenters. The molecule has 114 valence electrons. The summed E-state index contributed by atoms with van der Waals surface area (Å²) < 4.78 is 4.78. The summed E-state index contributed by atoms with van der Waals surface area (Å²) >= 11 is 0. The molecule has 24 heavy (non-hydrogen) atoms. The van der Waals surface area contributed by atoms with Crippen LogP contribution in [0.5, 0.6) is 0 Å². The number of H-pyrrole nitrogens is 1. The van der Waals surface area contributed by atoms with E-state index in [-0.39, 0.29) is 0 Å². The van der Waals surface area contributed by atoms with Gasteiger partial charge in [-0.25, -0.2) is 14.6 Å². The molecule has 6 nitrogen and oxygen atoms in total. The lowest BCUT2D eigenvalue weighted by molar-refractivity contribution is 0.314. The maximum atomic E-state index is 4.78. The van der Waals surface area contributed by atoms with E-state index in [1.807, 2.05) is 54.7 Å². The van der Waals surface area contributed by atoms with E-state index in [0.717, 1.165) is 33.4 Å². The maximum absolute atomic E-state index is 4.78. The Labute approximate surface area is 136 Å². The molecular formula is C18H11N5O. The van der Waals surface area contributed by atoms with Crippen molar-refractivity contribution in [3.63, 3.8) is 0 Å². The van der Waals surface area contributed by atoms with Crippen LogP contribution in [0.25, 0.3) is 44.7 Å². The van der Waals surface area contributed by atoms with Crippen molar-refractivity contribution in [2.45, 2.75) is 0 Å². The number of aromatic nitrogens is 5. The van der Waals surface area contributed by atoms with E-state index in [1.54, 1.807) is 0 Å². The van der Waals surface area contributed by atoms with Gasteiger partial charge in [0.15, 0.2) is 0 Å². The first-order valence-corrected chi connectivity index (χ1v) is 7.52. The molecule has 0 saturated carbocycles. The largest absolute Gasteiger partial charge is 0.360 e. The Balaban J connectivity index is 1.86. The fourth-order valence-corrected chi connectivity index (χ4v) is 2.89. The zero-order valence-electron chi connectivity index (χ0n) is 12.5. The molecule has 0 aliphatic heterocycles. The molecule has 0 spiro atoms. The Morgan fingerprint density at radius 1 is 0.750 bits per heavy atom. The normalized spacial score (nSPS) is 11.3. The highest BCUT2D eigenvalue weighted by Gasteiger charge is 2.18. The standard InChI is InChI=1S/C18H11N5O/c1-2-6-11(7-3-1)15-16(21-18-17(20-15)22-24-23-18)13-10-19-14-9-5-4-8-12(13)14/h1-10,19H. The third-order valence-electron chi connectivity index (χ3n) is 4.01. The van der Waals surface area contributed by atoms with Crippen molar-refractivity contribution < 1.29 is 4.63 Å². The number of aromatic amines is 1. The van der Waals surface area contributed by atoms with Gasteiger partial charge in [0.1, 0.15) is 5.69 Å². The number of nitrogens with one attached hydrogen (secondary N) is 1. The molecule has 6 heteroatoms. The summed E-state index contributed by atoms with van der Waals surface area (Å²) in [5.74, 6) is 0. The second-order valence-electron chi connectivity index (χ2n) is 5.45. The fraction of sp³-hybridized carbons (Fsp3) is 0. The van der Waals surface area contributed by atoms with E-state index < -0.39 is 0 Å². The first-order chi connectivity index (χ1) is 11.9. The summed E-state index contributed by atoms with van der Waals surface area (Å²) in [6.45, 7) is 0. The molecule has 0 radical (unpaired) electrons. The quantitative estimate of drug-likeness (QED) is 0.535. The van der Waals surface area contributed by atoms with Gasteiger partial charge in [-0.05, 0) is 16.4 Å². The van der Waals surface area contributed by atoms with Gasteiger partial charge in [0.25, 0.3) is 0 Å². The lowest BCUT2D eigenvalue weighted by Crippen LogP contribution is -1.94. The van der Waals surface area contributed by atoms with Gasteiger partial charge in [-0.3, -0.25) is 0 Å². The van der Waals surface area contributed by atoms with Crippen molar-refractivity contribution in [2.75, 3.05) is 0 Å². The molecule has 0 atom stereocenters. The molecule has 3 heterocycles. The third-order valence-corrected chi connectivity index (χ3v) is 4.01. The van der Waals surface area contributed by atoms with E-state index >= 15 is 0 Å². The van der Waals surface area contributed by atoms with E-state index in [0.29, 0.717) is 11.3 Å². The SMILES string of the molecule is c1ccc(-c2nc3nonc3nc2-c2c[nH]c3ccccc23)cc1. The van der Waals surface area contributed by atoms with Gasteiger partial charge in [-0.2, -0.15) is 0 Å². The second kappa shape index (κ2) is 4.99. The van der Waals surface area contributed by atoms with Crippen LogP contribution in [0.1, 0.15) is 0 Å². The number of para-hydroxylation sites is 1.